The monoisotopic (exact) mass is 207 g/mol. The number of hydrogen-bond acceptors (Lipinski definition) is 2. The third-order valence-electron chi connectivity index (χ3n) is 3.46. The van der Waals surface area contributed by atoms with E-state index in [0.717, 1.165) is 30.1 Å². The van der Waals surface area contributed by atoms with Gasteiger partial charge in [-0.2, -0.15) is 5.10 Å². The van der Waals surface area contributed by atoms with Gasteiger partial charge in [-0.1, -0.05) is 13.8 Å². The van der Waals surface area contributed by atoms with E-state index in [4.69, 9.17) is 0 Å². The molecule has 0 aromatic carbocycles. The van der Waals surface area contributed by atoms with Gasteiger partial charge in [-0.15, -0.1) is 0 Å². The summed E-state index contributed by atoms with van der Waals surface area (Å²) in [5.41, 5.74) is 1.14. The smallest absolute Gasteiger partial charge is 0.0762 e. The van der Waals surface area contributed by atoms with Gasteiger partial charge in [-0.25, -0.2) is 0 Å². The van der Waals surface area contributed by atoms with Crippen molar-refractivity contribution in [3.8, 4) is 0 Å². The third kappa shape index (κ3) is 2.59. The van der Waals surface area contributed by atoms with Gasteiger partial charge in [0.05, 0.1) is 5.69 Å². The first-order chi connectivity index (χ1) is 7.15. The Kier molecular flexibility index (Phi) is 3.10. The Bertz CT molecular complexity index is 310. The molecule has 1 saturated carbocycles. The highest BCUT2D eigenvalue weighted by Gasteiger charge is 2.30. The number of aromatic nitrogens is 2. The second kappa shape index (κ2) is 4.35. The van der Waals surface area contributed by atoms with E-state index in [9.17, 15) is 0 Å². The van der Waals surface area contributed by atoms with Crippen LogP contribution in [0.4, 0.5) is 0 Å². The molecule has 0 spiro atoms. The predicted molar refractivity (Wildman–Crippen MR) is 61.4 cm³/mol. The molecular weight excluding hydrogens is 186 g/mol. The van der Waals surface area contributed by atoms with Crippen molar-refractivity contribution in [3.05, 3.63) is 18.0 Å². The number of hydrogen-bond donors (Lipinski definition) is 1. The van der Waals surface area contributed by atoms with Crippen molar-refractivity contribution in [1.82, 2.24) is 15.1 Å². The summed E-state index contributed by atoms with van der Waals surface area (Å²) in [5.74, 6) is 1.78. The van der Waals surface area contributed by atoms with Crippen molar-refractivity contribution in [2.45, 2.75) is 39.3 Å². The average molecular weight is 207 g/mol. The van der Waals surface area contributed by atoms with Crippen molar-refractivity contribution in [2.24, 2.45) is 18.9 Å². The highest BCUT2D eigenvalue weighted by molar-refractivity contribution is 4.99. The maximum absolute atomic E-state index is 4.35. The molecule has 1 aromatic heterocycles. The van der Waals surface area contributed by atoms with Crippen LogP contribution in [0.2, 0.25) is 0 Å². The van der Waals surface area contributed by atoms with Gasteiger partial charge in [0.1, 0.15) is 0 Å². The molecule has 1 N–H and O–H groups in total. The second-order valence-corrected chi connectivity index (χ2v) is 5.03. The topological polar surface area (TPSA) is 29.9 Å². The van der Waals surface area contributed by atoms with Crippen LogP contribution in [0.25, 0.3) is 0 Å². The first-order valence-electron chi connectivity index (χ1n) is 5.87. The van der Waals surface area contributed by atoms with Gasteiger partial charge in [0.25, 0.3) is 0 Å². The standard InChI is InChI=1S/C12H21N3/c1-9(2)10-6-12(7-10)13-8-11-4-5-15(3)14-11/h4-5,9-10,12-13H,6-8H2,1-3H3. The molecule has 0 saturated heterocycles. The molecule has 0 amide bonds. The van der Waals surface area contributed by atoms with Gasteiger partial charge in [-0.05, 0) is 30.7 Å². The molecule has 0 radical (unpaired) electrons. The lowest BCUT2D eigenvalue weighted by Crippen LogP contribution is -2.42. The van der Waals surface area contributed by atoms with E-state index in [-0.39, 0.29) is 0 Å². The Morgan fingerprint density at radius 3 is 2.80 bits per heavy atom. The van der Waals surface area contributed by atoms with E-state index in [1.165, 1.54) is 12.8 Å². The maximum atomic E-state index is 4.35. The summed E-state index contributed by atoms with van der Waals surface area (Å²) in [6.45, 7) is 5.55. The van der Waals surface area contributed by atoms with Crippen LogP contribution in [0, 0.1) is 11.8 Å². The zero-order valence-electron chi connectivity index (χ0n) is 9.90. The Balaban J connectivity index is 1.68. The molecule has 3 nitrogen and oxygen atoms in total. The van der Waals surface area contributed by atoms with Crippen LogP contribution in [0.3, 0.4) is 0 Å². The summed E-state index contributed by atoms with van der Waals surface area (Å²) in [7, 11) is 1.96. The highest BCUT2D eigenvalue weighted by Crippen LogP contribution is 2.33. The Hall–Kier alpha value is -0.830. The quantitative estimate of drug-likeness (QED) is 0.817. The number of aryl methyl sites for hydroxylation is 1. The number of rotatable bonds is 4. The van der Waals surface area contributed by atoms with Crippen molar-refractivity contribution in [2.75, 3.05) is 0 Å². The molecule has 1 fully saturated rings. The SMILES string of the molecule is CC(C)C1CC(NCc2ccn(C)n2)C1. The van der Waals surface area contributed by atoms with E-state index in [1.54, 1.807) is 0 Å². The Morgan fingerprint density at radius 2 is 2.27 bits per heavy atom. The first kappa shape index (κ1) is 10.7. The van der Waals surface area contributed by atoms with Gasteiger partial charge < -0.3 is 5.32 Å². The molecule has 1 aliphatic rings. The van der Waals surface area contributed by atoms with Gasteiger partial charge in [0.2, 0.25) is 0 Å². The first-order valence-corrected chi connectivity index (χ1v) is 5.87. The molecule has 1 heterocycles. The molecule has 0 atom stereocenters. The fraction of sp³-hybridized carbons (Fsp3) is 0.750. The Morgan fingerprint density at radius 1 is 1.53 bits per heavy atom. The van der Waals surface area contributed by atoms with Gasteiger partial charge in [-0.3, -0.25) is 4.68 Å². The molecule has 1 aliphatic carbocycles. The van der Waals surface area contributed by atoms with E-state index in [1.807, 2.05) is 17.9 Å². The normalized spacial score (nSPS) is 25.6. The van der Waals surface area contributed by atoms with E-state index >= 15 is 0 Å². The number of nitrogens with one attached hydrogen (secondary N) is 1. The molecule has 0 bridgehead atoms. The second-order valence-electron chi connectivity index (χ2n) is 5.03. The zero-order valence-corrected chi connectivity index (χ0v) is 9.90. The van der Waals surface area contributed by atoms with Crippen molar-refractivity contribution in [1.29, 1.82) is 0 Å². The minimum Gasteiger partial charge on any atom is -0.308 e. The lowest BCUT2D eigenvalue weighted by Gasteiger charge is -2.38. The maximum Gasteiger partial charge on any atom is 0.0762 e. The van der Waals surface area contributed by atoms with Gasteiger partial charge in [0.15, 0.2) is 0 Å². The summed E-state index contributed by atoms with van der Waals surface area (Å²) >= 11 is 0. The minimum absolute atomic E-state index is 0.722. The summed E-state index contributed by atoms with van der Waals surface area (Å²) in [5, 5.41) is 7.91. The van der Waals surface area contributed by atoms with Gasteiger partial charge in [0, 0.05) is 25.8 Å². The van der Waals surface area contributed by atoms with Crippen LogP contribution in [-0.2, 0) is 13.6 Å². The van der Waals surface area contributed by atoms with Crippen LogP contribution >= 0.6 is 0 Å². The average Bonchev–Trinajstić information content (AvgIpc) is 2.48. The fourth-order valence-electron chi connectivity index (χ4n) is 2.18. The Labute approximate surface area is 91.9 Å². The zero-order chi connectivity index (χ0) is 10.8. The summed E-state index contributed by atoms with van der Waals surface area (Å²) in [4.78, 5) is 0. The molecule has 0 aliphatic heterocycles. The molecule has 15 heavy (non-hydrogen) atoms. The van der Waals surface area contributed by atoms with E-state index < -0.39 is 0 Å². The van der Waals surface area contributed by atoms with Gasteiger partial charge >= 0.3 is 0 Å². The lowest BCUT2D eigenvalue weighted by atomic mass is 9.74. The molecule has 84 valence electrons. The van der Waals surface area contributed by atoms with Crippen LogP contribution in [0.15, 0.2) is 12.3 Å². The number of nitrogens with zero attached hydrogens (tertiary/aromatic N) is 2. The largest absolute Gasteiger partial charge is 0.308 e. The summed E-state index contributed by atoms with van der Waals surface area (Å²) in [6, 6.07) is 2.80. The predicted octanol–water partition coefficient (Wildman–Crippen LogP) is 1.94. The minimum atomic E-state index is 0.722. The molecule has 3 heteroatoms. The van der Waals surface area contributed by atoms with E-state index in [2.05, 4.69) is 30.3 Å². The third-order valence-corrected chi connectivity index (χ3v) is 3.46. The molecular formula is C12H21N3. The van der Waals surface area contributed by atoms with E-state index in [0.29, 0.717) is 0 Å². The van der Waals surface area contributed by atoms with Crippen molar-refractivity contribution >= 4 is 0 Å². The van der Waals surface area contributed by atoms with Crippen molar-refractivity contribution in [3.63, 3.8) is 0 Å². The molecule has 1 aromatic rings. The van der Waals surface area contributed by atoms with Crippen molar-refractivity contribution < 1.29 is 0 Å². The summed E-state index contributed by atoms with van der Waals surface area (Å²) in [6.07, 6.45) is 4.67. The van der Waals surface area contributed by atoms with Crippen LogP contribution in [-0.4, -0.2) is 15.8 Å². The highest BCUT2D eigenvalue weighted by atomic mass is 15.3. The van der Waals surface area contributed by atoms with Crippen LogP contribution < -0.4 is 5.32 Å². The lowest BCUT2D eigenvalue weighted by molar-refractivity contribution is 0.167. The van der Waals surface area contributed by atoms with Crippen LogP contribution in [0.1, 0.15) is 32.4 Å². The summed E-state index contributed by atoms with van der Waals surface area (Å²) < 4.78 is 1.86. The van der Waals surface area contributed by atoms with Crippen LogP contribution in [0.5, 0.6) is 0 Å². The fourth-order valence-corrected chi connectivity index (χ4v) is 2.18. The molecule has 2 rings (SSSR count). The molecule has 0 unspecified atom stereocenters.